The van der Waals surface area contributed by atoms with Crippen molar-refractivity contribution in [3.63, 3.8) is 0 Å². The first-order chi connectivity index (χ1) is 28.8. The summed E-state index contributed by atoms with van der Waals surface area (Å²) in [5, 5.41) is 0. The first-order valence-electron chi connectivity index (χ1n) is 20.1. The minimum Gasteiger partial charge on any atom is -0.449 e. The van der Waals surface area contributed by atoms with Gasteiger partial charge in [0.25, 0.3) is 0 Å². The fraction of sp³-hybridized carbons (Fsp3) is 0.0545. The Morgan fingerprint density at radius 1 is 0.431 bits per heavy atom. The van der Waals surface area contributed by atoms with Gasteiger partial charge in [-0.2, -0.15) is 0 Å². The number of nitrogens with zero attached hydrogens (tertiary/aromatic N) is 1. The maximum absolute atomic E-state index is 7.16. The Balaban J connectivity index is 1.02. The van der Waals surface area contributed by atoms with E-state index < -0.39 is 5.41 Å². The molecule has 0 aromatic heterocycles. The van der Waals surface area contributed by atoms with Crippen LogP contribution in [0.2, 0.25) is 0 Å². The van der Waals surface area contributed by atoms with Crippen molar-refractivity contribution in [1.29, 1.82) is 0 Å². The summed E-state index contributed by atoms with van der Waals surface area (Å²) in [7, 11) is 0. The third-order valence-corrected chi connectivity index (χ3v) is 12.4. The summed E-state index contributed by atoms with van der Waals surface area (Å²) in [5.74, 6) is 2.86. The predicted octanol–water partition coefficient (Wildman–Crippen LogP) is 14.8. The molecule has 58 heavy (non-hydrogen) atoms. The minimum absolute atomic E-state index is 0.464. The van der Waals surface area contributed by atoms with Gasteiger partial charge in [-0.1, -0.05) is 146 Å². The number of hydrogen-bond donors (Lipinski definition) is 0. The lowest BCUT2D eigenvalue weighted by Crippen LogP contribution is -2.25. The number of rotatable bonds is 5. The number of fused-ring (bicyclic) bond motifs is 13. The van der Waals surface area contributed by atoms with Crippen LogP contribution in [0.3, 0.4) is 0 Å². The standard InChI is InChI=1S/C55H37NO2/c1-4-16-36(17-5-1)38-32-39(37-18-6-2-7-19-37)34-42(33-38)56(40-20-8-3-9-21-40)41-28-30-50-52(35-41)58-54-51(57-50)31-29-49-53(54)45-24-12-15-27-48(45)55(49)46-25-13-10-22-43(46)44-23-11-14-26-47(44)55/h1-6,8-18,20-35H,7,19H2. The molecule has 274 valence electrons. The van der Waals surface area contributed by atoms with Crippen molar-refractivity contribution in [1.82, 2.24) is 0 Å². The average molecular weight is 744 g/mol. The molecule has 0 bridgehead atoms. The molecule has 1 heterocycles. The normalized spacial score (nSPS) is 14.5. The van der Waals surface area contributed by atoms with Crippen LogP contribution in [0, 0.1) is 0 Å². The molecule has 1 aliphatic heterocycles. The number of allylic oxidation sites excluding steroid dienone is 4. The van der Waals surface area contributed by atoms with E-state index in [4.69, 9.17) is 9.47 Å². The predicted molar refractivity (Wildman–Crippen MR) is 236 cm³/mol. The van der Waals surface area contributed by atoms with Crippen LogP contribution in [0.15, 0.2) is 200 Å². The quantitative estimate of drug-likeness (QED) is 0.175. The highest BCUT2D eigenvalue weighted by Gasteiger charge is 2.53. The Morgan fingerprint density at radius 2 is 1.07 bits per heavy atom. The molecule has 3 nitrogen and oxygen atoms in total. The fourth-order valence-corrected chi connectivity index (χ4v) is 9.93. The van der Waals surface area contributed by atoms with Gasteiger partial charge in [-0.15, -0.1) is 0 Å². The summed E-state index contributed by atoms with van der Waals surface area (Å²) in [4.78, 5) is 2.33. The van der Waals surface area contributed by atoms with Crippen LogP contribution >= 0.6 is 0 Å². The number of hydrogen-bond acceptors (Lipinski definition) is 3. The van der Waals surface area contributed by atoms with Gasteiger partial charge < -0.3 is 14.4 Å². The molecule has 8 aromatic rings. The van der Waals surface area contributed by atoms with Gasteiger partial charge in [0.2, 0.25) is 0 Å². The van der Waals surface area contributed by atoms with Gasteiger partial charge in [0.05, 0.1) is 11.1 Å². The lowest BCUT2D eigenvalue weighted by atomic mass is 9.70. The molecular weight excluding hydrogens is 707 g/mol. The van der Waals surface area contributed by atoms with Crippen LogP contribution in [0.5, 0.6) is 23.0 Å². The Hall–Kier alpha value is -7.36. The zero-order valence-corrected chi connectivity index (χ0v) is 31.7. The van der Waals surface area contributed by atoms with E-state index in [9.17, 15) is 0 Å². The van der Waals surface area contributed by atoms with E-state index in [1.807, 2.05) is 6.07 Å². The summed E-state index contributed by atoms with van der Waals surface area (Å²) < 4.78 is 13.9. The Morgan fingerprint density at radius 3 is 1.79 bits per heavy atom. The molecule has 3 aliphatic carbocycles. The maximum Gasteiger partial charge on any atom is 0.178 e. The zero-order valence-electron chi connectivity index (χ0n) is 31.7. The minimum atomic E-state index is -0.464. The molecule has 0 saturated heterocycles. The second-order valence-electron chi connectivity index (χ2n) is 15.5. The van der Waals surface area contributed by atoms with Gasteiger partial charge in [0.15, 0.2) is 23.0 Å². The van der Waals surface area contributed by atoms with Crippen LogP contribution < -0.4 is 14.4 Å². The lowest BCUT2D eigenvalue weighted by Gasteiger charge is -2.31. The SMILES string of the molecule is C1=CCCC(c2cc(-c3ccccc3)cc(N(c3ccccc3)c3ccc4c(c3)Oc3c(ccc5c3-c3ccccc3C53c5ccccc5-c5ccccc53)O4)c2)=C1. The molecule has 0 N–H and O–H groups in total. The third kappa shape index (κ3) is 4.80. The summed E-state index contributed by atoms with van der Waals surface area (Å²) in [6, 6.07) is 65.6. The number of anilines is 3. The van der Waals surface area contributed by atoms with Gasteiger partial charge >= 0.3 is 0 Å². The Bertz CT molecular complexity index is 2970. The monoisotopic (exact) mass is 743 g/mol. The van der Waals surface area contributed by atoms with E-state index >= 15 is 0 Å². The second-order valence-corrected chi connectivity index (χ2v) is 15.5. The summed E-state index contributed by atoms with van der Waals surface area (Å²) >= 11 is 0. The molecule has 0 radical (unpaired) electrons. The molecule has 0 saturated carbocycles. The summed E-state index contributed by atoms with van der Waals surface area (Å²) in [6.07, 6.45) is 8.73. The van der Waals surface area contributed by atoms with E-state index in [-0.39, 0.29) is 0 Å². The first kappa shape index (κ1) is 32.8. The van der Waals surface area contributed by atoms with Crippen molar-refractivity contribution in [3.8, 4) is 56.4 Å². The molecular formula is C55H37NO2. The summed E-state index contributed by atoms with van der Waals surface area (Å²) in [5.41, 5.74) is 17.5. The van der Waals surface area contributed by atoms with Gasteiger partial charge in [-0.25, -0.2) is 0 Å². The lowest BCUT2D eigenvalue weighted by molar-refractivity contribution is 0.360. The van der Waals surface area contributed by atoms with Crippen LogP contribution in [-0.4, -0.2) is 0 Å². The number of ether oxygens (including phenoxy) is 2. The molecule has 0 fully saturated rings. The van der Waals surface area contributed by atoms with E-state index in [0.29, 0.717) is 11.5 Å². The molecule has 1 spiro atoms. The molecule has 4 aliphatic rings. The molecule has 0 unspecified atom stereocenters. The average Bonchev–Trinajstić information content (AvgIpc) is 3.77. The number of benzene rings is 8. The van der Waals surface area contributed by atoms with Crippen LogP contribution in [-0.2, 0) is 5.41 Å². The third-order valence-electron chi connectivity index (χ3n) is 12.4. The largest absolute Gasteiger partial charge is 0.449 e. The highest BCUT2D eigenvalue weighted by molar-refractivity contribution is 5.98. The maximum atomic E-state index is 7.16. The highest BCUT2D eigenvalue weighted by Crippen LogP contribution is 2.66. The Kier molecular flexibility index (Phi) is 7.27. The highest BCUT2D eigenvalue weighted by atomic mass is 16.6. The first-order valence-corrected chi connectivity index (χ1v) is 20.1. The van der Waals surface area contributed by atoms with Crippen LogP contribution in [0.4, 0.5) is 17.1 Å². The van der Waals surface area contributed by atoms with Crippen molar-refractivity contribution in [2.75, 3.05) is 4.90 Å². The van der Waals surface area contributed by atoms with Gasteiger partial charge in [0, 0.05) is 23.0 Å². The van der Waals surface area contributed by atoms with Crippen molar-refractivity contribution >= 4 is 22.6 Å². The van der Waals surface area contributed by atoms with Crippen LogP contribution in [0.1, 0.15) is 40.7 Å². The van der Waals surface area contributed by atoms with E-state index in [2.05, 4.69) is 199 Å². The van der Waals surface area contributed by atoms with E-state index in [0.717, 1.165) is 47.0 Å². The van der Waals surface area contributed by atoms with Crippen molar-refractivity contribution < 1.29 is 9.47 Å². The fourth-order valence-electron chi connectivity index (χ4n) is 9.93. The molecule has 0 amide bonds. The van der Waals surface area contributed by atoms with Crippen molar-refractivity contribution in [3.05, 3.63) is 228 Å². The number of para-hydroxylation sites is 1. The molecule has 8 aromatic carbocycles. The Labute approximate surface area is 338 Å². The molecule has 12 rings (SSSR count). The van der Waals surface area contributed by atoms with Gasteiger partial charge in [0.1, 0.15) is 0 Å². The molecule has 0 atom stereocenters. The van der Waals surface area contributed by atoms with Crippen LogP contribution in [0.25, 0.3) is 39.0 Å². The zero-order chi connectivity index (χ0) is 38.2. The van der Waals surface area contributed by atoms with Gasteiger partial charge in [-0.3, -0.25) is 0 Å². The smallest absolute Gasteiger partial charge is 0.178 e. The van der Waals surface area contributed by atoms with Crippen molar-refractivity contribution in [2.45, 2.75) is 18.3 Å². The van der Waals surface area contributed by atoms with E-state index in [1.54, 1.807) is 0 Å². The second kappa shape index (κ2) is 12.8. The van der Waals surface area contributed by atoms with E-state index in [1.165, 1.54) is 61.2 Å². The summed E-state index contributed by atoms with van der Waals surface area (Å²) in [6.45, 7) is 0. The van der Waals surface area contributed by atoms with Crippen molar-refractivity contribution in [2.24, 2.45) is 0 Å². The molecule has 3 heteroatoms. The topological polar surface area (TPSA) is 21.7 Å². The van der Waals surface area contributed by atoms with Gasteiger partial charge in [-0.05, 0) is 123 Å².